The van der Waals surface area contributed by atoms with Crippen molar-refractivity contribution < 1.29 is 0 Å². The number of H-pyrrole nitrogens is 2. The lowest BCUT2D eigenvalue weighted by Gasteiger charge is -2.06. The number of nitrogens with zero attached hydrogens (tertiary/aromatic N) is 3. The molecule has 21 heavy (non-hydrogen) atoms. The van der Waals surface area contributed by atoms with E-state index in [1.807, 2.05) is 0 Å². The maximum atomic E-state index is 10.9. The van der Waals surface area contributed by atoms with Crippen molar-refractivity contribution in [1.29, 1.82) is 0 Å². The van der Waals surface area contributed by atoms with Crippen molar-refractivity contribution in [2.45, 2.75) is 26.7 Å². The maximum absolute atomic E-state index is 10.9. The van der Waals surface area contributed by atoms with E-state index in [1.165, 1.54) is 10.4 Å². The Morgan fingerprint density at radius 2 is 2.19 bits per heavy atom. The minimum atomic E-state index is -0.264. The van der Waals surface area contributed by atoms with E-state index >= 15 is 0 Å². The highest BCUT2D eigenvalue weighted by Crippen LogP contribution is 2.32. The third-order valence-corrected chi connectivity index (χ3v) is 4.51. The van der Waals surface area contributed by atoms with Crippen molar-refractivity contribution in [3.63, 3.8) is 0 Å². The zero-order valence-electron chi connectivity index (χ0n) is 11.9. The predicted octanol–water partition coefficient (Wildman–Crippen LogP) is 1.76. The van der Waals surface area contributed by atoms with Crippen LogP contribution >= 0.6 is 11.3 Å². The van der Waals surface area contributed by atoms with Crippen molar-refractivity contribution in [3.05, 3.63) is 33.1 Å². The molecule has 110 valence electrons. The Labute approximate surface area is 124 Å². The number of hydrogen-bond acceptors (Lipinski definition) is 6. The lowest BCUT2D eigenvalue weighted by atomic mass is 10.2. The van der Waals surface area contributed by atoms with Gasteiger partial charge in [0.2, 0.25) is 0 Å². The largest absolute Gasteiger partial charge is 0.369 e. The molecule has 0 radical (unpaired) electrons. The molecule has 3 aromatic heterocycles. The van der Waals surface area contributed by atoms with Crippen molar-refractivity contribution >= 4 is 27.4 Å². The molecule has 0 aromatic carbocycles. The molecule has 0 unspecified atom stereocenters. The Kier molecular flexibility index (Phi) is 3.70. The first-order valence-corrected chi connectivity index (χ1v) is 7.55. The Bertz CT molecular complexity index is 818. The van der Waals surface area contributed by atoms with Crippen molar-refractivity contribution in [1.82, 2.24) is 25.1 Å². The van der Waals surface area contributed by atoms with Crippen molar-refractivity contribution in [2.75, 3.05) is 11.9 Å². The fourth-order valence-electron chi connectivity index (χ4n) is 2.20. The second-order valence-corrected chi connectivity index (χ2v) is 6.04. The molecule has 3 rings (SSSR count). The second-order valence-electron chi connectivity index (χ2n) is 4.84. The summed E-state index contributed by atoms with van der Waals surface area (Å²) in [4.78, 5) is 24.5. The normalized spacial score (nSPS) is 11.1. The van der Waals surface area contributed by atoms with E-state index in [4.69, 9.17) is 0 Å². The number of aryl methyl sites for hydroxylation is 3. The molecule has 0 amide bonds. The van der Waals surface area contributed by atoms with Gasteiger partial charge in [-0.05, 0) is 25.8 Å². The first-order valence-electron chi connectivity index (χ1n) is 6.73. The van der Waals surface area contributed by atoms with Gasteiger partial charge in [-0.3, -0.25) is 4.98 Å². The van der Waals surface area contributed by atoms with Crippen molar-refractivity contribution in [2.24, 2.45) is 0 Å². The Morgan fingerprint density at radius 3 is 2.95 bits per heavy atom. The lowest BCUT2D eigenvalue weighted by molar-refractivity contribution is 0.804. The quantitative estimate of drug-likeness (QED) is 0.624. The van der Waals surface area contributed by atoms with Crippen molar-refractivity contribution in [3.8, 4) is 0 Å². The third kappa shape index (κ3) is 2.80. The van der Waals surface area contributed by atoms with E-state index in [0.29, 0.717) is 12.2 Å². The molecule has 8 heteroatoms. The van der Waals surface area contributed by atoms with Crippen LogP contribution in [0.25, 0.3) is 10.2 Å². The van der Waals surface area contributed by atoms with Gasteiger partial charge >= 0.3 is 5.69 Å². The molecule has 0 aliphatic heterocycles. The van der Waals surface area contributed by atoms with Gasteiger partial charge in [0.15, 0.2) is 0 Å². The predicted molar refractivity (Wildman–Crippen MR) is 82.9 cm³/mol. The SMILES string of the molecule is Cc1sc2ncnc(NCCCc3n[nH]c(=O)[nH]3)c2c1C. The summed E-state index contributed by atoms with van der Waals surface area (Å²) in [5, 5.41) is 10.7. The van der Waals surface area contributed by atoms with Gasteiger partial charge in [0.05, 0.1) is 5.39 Å². The fourth-order valence-corrected chi connectivity index (χ4v) is 3.20. The van der Waals surface area contributed by atoms with Crippen LogP contribution in [0.2, 0.25) is 0 Å². The van der Waals surface area contributed by atoms with Crippen LogP contribution in [0.4, 0.5) is 5.82 Å². The van der Waals surface area contributed by atoms with Gasteiger partial charge in [-0.25, -0.2) is 19.9 Å². The number of aromatic nitrogens is 5. The monoisotopic (exact) mass is 304 g/mol. The average molecular weight is 304 g/mol. The Morgan fingerprint density at radius 1 is 1.33 bits per heavy atom. The van der Waals surface area contributed by atoms with Crippen LogP contribution in [-0.2, 0) is 6.42 Å². The van der Waals surface area contributed by atoms with Crippen LogP contribution in [0, 0.1) is 13.8 Å². The van der Waals surface area contributed by atoms with E-state index < -0.39 is 0 Å². The van der Waals surface area contributed by atoms with Crippen LogP contribution in [0.5, 0.6) is 0 Å². The standard InChI is InChI=1S/C13H16N6OS/c1-7-8(2)21-12-10(7)11(15-6-16-12)14-5-3-4-9-17-13(20)19-18-9/h6H,3-5H2,1-2H3,(H,14,15,16)(H2,17,18,19,20). The molecule has 0 bridgehead atoms. The molecule has 7 nitrogen and oxygen atoms in total. The summed E-state index contributed by atoms with van der Waals surface area (Å²) in [6.07, 6.45) is 3.15. The summed E-state index contributed by atoms with van der Waals surface area (Å²) >= 11 is 1.69. The molecule has 3 aromatic rings. The van der Waals surface area contributed by atoms with Gasteiger partial charge < -0.3 is 5.32 Å². The average Bonchev–Trinajstić information content (AvgIpc) is 3.00. The van der Waals surface area contributed by atoms with Crippen LogP contribution in [-0.4, -0.2) is 31.7 Å². The van der Waals surface area contributed by atoms with Gasteiger partial charge in [0.25, 0.3) is 0 Å². The molecule has 0 saturated carbocycles. The molecule has 0 saturated heterocycles. The topological polar surface area (TPSA) is 99.3 Å². The van der Waals surface area contributed by atoms with Crippen LogP contribution in [0.15, 0.2) is 11.1 Å². The highest BCUT2D eigenvalue weighted by Gasteiger charge is 2.11. The van der Waals surface area contributed by atoms with Gasteiger partial charge in [-0.1, -0.05) is 0 Å². The van der Waals surface area contributed by atoms with Gasteiger partial charge in [-0.15, -0.1) is 11.3 Å². The van der Waals surface area contributed by atoms with Crippen LogP contribution < -0.4 is 11.0 Å². The summed E-state index contributed by atoms with van der Waals surface area (Å²) in [5.41, 5.74) is 0.967. The number of anilines is 1. The first-order chi connectivity index (χ1) is 10.1. The smallest absolute Gasteiger partial charge is 0.340 e. The first kappa shape index (κ1) is 13.7. The number of hydrogen-bond donors (Lipinski definition) is 3. The molecular formula is C13H16N6OS. The zero-order valence-corrected chi connectivity index (χ0v) is 12.7. The van der Waals surface area contributed by atoms with Gasteiger partial charge in [-0.2, -0.15) is 5.10 Å². The number of fused-ring (bicyclic) bond motifs is 1. The van der Waals surface area contributed by atoms with Crippen LogP contribution in [0.3, 0.4) is 0 Å². The summed E-state index contributed by atoms with van der Waals surface area (Å²) in [6, 6.07) is 0. The molecule has 0 aliphatic carbocycles. The molecule has 0 spiro atoms. The maximum Gasteiger partial charge on any atom is 0.340 e. The summed E-state index contributed by atoms with van der Waals surface area (Å²) in [5.74, 6) is 1.55. The van der Waals surface area contributed by atoms with E-state index in [2.05, 4.69) is 44.3 Å². The Hall–Kier alpha value is -2.22. The third-order valence-electron chi connectivity index (χ3n) is 3.40. The number of aromatic amines is 2. The molecule has 0 aliphatic rings. The van der Waals surface area contributed by atoms with E-state index in [-0.39, 0.29) is 5.69 Å². The Balaban J connectivity index is 1.66. The molecule has 0 atom stereocenters. The fraction of sp³-hybridized carbons (Fsp3) is 0.385. The van der Waals surface area contributed by atoms with E-state index in [1.54, 1.807) is 17.7 Å². The zero-order chi connectivity index (χ0) is 14.8. The summed E-state index contributed by atoms with van der Waals surface area (Å²) in [6.45, 7) is 4.95. The van der Waals surface area contributed by atoms with Gasteiger partial charge in [0.1, 0.15) is 22.8 Å². The molecule has 3 heterocycles. The highest BCUT2D eigenvalue weighted by atomic mass is 32.1. The minimum absolute atomic E-state index is 0.264. The van der Waals surface area contributed by atoms with Gasteiger partial charge in [0, 0.05) is 17.8 Å². The highest BCUT2D eigenvalue weighted by molar-refractivity contribution is 7.18. The summed E-state index contributed by atoms with van der Waals surface area (Å²) < 4.78 is 0. The van der Waals surface area contributed by atoms with E-state index in [9.17, 15) is 4.79 Å². The molecule has 3 N–H and O–H groups in total. The number of rotatable bonds is 5. The molecule has 0 fully saturated rings. The summed E-state index contributed by atoms with van der Waals surface area (Å²) in [7, 11) is 0. The molecular weight excluding hydrogens is 288 g/mol. The minimum Gasteiger partial charge on any atom is -0.369 e. The van der Waals surface area contributed by atoms with Crippen LogP contribution in [0.1, 0.15) is 22.7 Å². The second kappa shape index (κ2) is 5.65. The number of thiophene rings is 1. The van der Waals surface area contributed by atoms with E-state index in [0.717, 1.165) is 29.0 Å². The lowest BCUT2D eigenvalue weighted by Crippen LogP contribution is -2.06. The number of nitrogens with one attached hydrogen (secondary N) is 3.